The number of hydrogen-bond donors (Lipinski definition) is 2. The summed E-state index contributed by atoms with van der Waals surface area (Å²) in [6.45, 7) is 0.832. The zero-order valence-electron chi connectivity index (χ0n) is 16.8. The molecule has 0 fully saturated rings. The van der Waals surface area contributed by atoms with Crippen molar-refractivity contribution < 1.29 is 14.1 Å². The molecule has 1 heterocycles. The molecular weight excluding hydrogens is 401 g/mol. The van der Waals surface area contributed by atoms with E-state index in [1.54, 1.807) is 28.9 Å². The van der Waals surface area contributed by atoms with Crippen LogP contribution in [-0.4, -0.2) is 33.7 Å². The molecule has 0 unspecified atom stereocenters. The molecule has 0 atom stereocenters. The van der Waals surface area contributed by atoms with E-state index in [4.69, 9.17) is 0 Å². The summed E-state index contributed by atoms with van der Waals surface area (Å²) in [5, 5.41) is 21.3. The fraction of sp³-hybridized carbons (Fsp3) is 0.273. The number of halogens is 1. The fourth-order valence-corrected chi connectivity index (χ4v) is 3.74. The first kappa shape index (κ1) is 20.5. The van der Waals surface area contributed by atoms with Crippen molar-refractivity contribution in [3.63, 3.8) is 0 Å². The fourth-order valence-electron chi connectivity index (χ4n) is 3.74. The van der Waals surface area contributed by atoms with E-state index in [2.05, 4.69) is 15.7 Å². The lowest BCUT2D eigenvalue weighted by Gasteiger charge is -2.14. The molecule has 2 N–H and O–H groups in total. The molecule has 0 aliphatic heterocycles. The first-order chi connectivity index (χ1) is 15.0. The molecule has 1 amide bonds. The first-order valence-corrected chi connectivity index (χ1v) is 10.2. The lowest BCUT2D eigenvalue weighted by molar-refractivity contribution is -0.384. The maximum atomic E-state index is 13.3. The van der Waals surface area contributed by atoms with Gasteiger partial charge in [-0.2, -0.15) is 5.10 Å². The summed E-state index contributed by atoms with van der Waals surface area (Å²) in [5.41, 5.74) is 3.87. The number of rotatable bonds is 7. The molecule has 2 aromatic carbocycles. The number of anilines is 1. The molecule has 1 aliphatic carbocycles. The number of benzene rings is 2. The quantitative estimate of drug-likeness (QED) is 0.343. The molecule has 1 aromatic heterocycles. The van der Waals surface area contributed by atoms with Crippen LogP contribution in [0.5, 0.6) is 0 Å². The van der Waals surface area contributed by atoms with Crippen LogP contribution in [0, 0.1) is 15.9 Å². The number of hydrogen-bond acceptors (Lipinski definition) is 5. The number of amides is 1. The van der Waals surface area contributed by atoms with Gasteiger partial charge in [0.2, 0.25) is 0 Å². The van der Waals surface area contributed by atoms with E-state index in [0.717, 1.165) is 48.3 Å². The second-order valence-electron chi connectivity index (χ2n) is 7.36. The van der Waals surface area contributed by atoms with Crippen LogP contribution in [0.1, 0.15) is 34.6 Å². The summed E-state index contributed by atoms with van der Waals surface area (Å²) >= 11 is 0. The molecule has 0 saturated carbocycles. The highest BCUT2D eigenvalue weighted by Crippen LogP contribution is 2.27. The molecule has 0 bridgehead atoms. The van der Waals surface area contributed by atoms with Crippen LogP contribution in [0.3, 0.4) is 0 Å². The van der Waals surface area contributed by atoms with E-state index in [-0.39, 0.29) is 17.4 Å². The molecule has 9 heteroatoms. The largest absolute Gasteiger partial charge is 0.383 e. The van der Waals surface area contributed by atoms with E-state index in [9.17, 15) is 19.3 Å². The van der Waals surface area contributed by atoms with E-state index in [1.165, 1.54) is 24.3 Å². The minimum atomic E-state index is -0.449. The summed E-state index contributed by atoms with van der Waals surface area (Å²) in [4.78, 5) is 23.1. The number of aromatic nitrogens is 2. The molecule has 0 radical (unpaired) electrons. The molecule has 0 saturated heterocycles. The Morgan fingerprint density at radius 2 is 1.77 bits per heavy atom. The Hall–Kier alpha value is -3.75. The highest BCUT2D eigenvalue weighted by molar-refractivity contribution is 5.94. The van der Waals surface area contributed by atoms with Gasteiger partial charge in [0.15, 0.2) is 5.69 Å². The monoisotopic (exact) mass is 423 g/mol. The van der Waals surface area contributed by atoms with Gasteiger partial charge in [-0.3, -0.25) is 14.9 Å². The number of fused-ring (bicyclic) bond motifs is 1. The molecule has 4 rings (SSSR count). The van der Waals surface area contributed by atoms with E-state index >= 15 is 0 Å². The Morgan fingerprint density at radius 3 is 2.48 bits per heavy atom. The van der Waals surface area contributed by atoms with E-state index < -0.39 is 4.92 Å². The van der Waals surface area contributed by atoms with Gasteiger partial charge >= 0.3 is 0 Å². The number of nitro groups is 1. The van der Waals surface area contributed by atoms with Crippen LogP contribution in [0.4, 0.5) is 15.8 Å². The van der Waals surface area contributed by atoms with E-state index in [1.807, 2.05) is 0 Å². The van der Waals surface area contributed by atoms with Gasteiger partial charge in [-0.05, 0) is 62.1 Å². The summed E-state index contributed by atoms with van der Waals surface area (Å²) in [7, 11) is 0. The van der Waals surface area contributed by atoms with Crippen molar-refractivity contribution in [2.24, 2.45) is 0 Å². The molecule has 31 heavy (non-hydrogen) atoms. The van der Waals surface area contributed by atoms with Gasteiger partial charge < -0.3 is 10.6 Å². The van der Waals surface area contributed by atoms with Gasteiger partial charge in [-0.15, -0.1) is 0 Å². The predicted molar refractivity (Wildman–Crippen MR) is 114 cm³/mol. The lowest BCUT2D eigenvalue weighted by Crippen LogP contribution is -2.30. The summed E-state index contributed by atoms with van der Waals surface area (Å²) in [6, 6.07) is 12.2. The first-order valence-electron chi connectivity index (χ1n) is 10.2. The van der Waals surface area contributed by atoms with Crippen molar-refractivity contribution in [2.75, 3.05) is 18.4 Å². The Labute approximate surface area is 178 Å². The summed E-state index contributed by atoms with van der Waals surface area (Å²) in [5.74, 6) is -0.562. The lowest BCUT2D eigenvalue weighted by atomic mass is 9.95. The molecule has 0 spiro atoms. The average Bonchev–Trinajstić information content (AvgIpc) is 3.17. The van der Waals surface area contributed by atoms with Crippen LogP contribution < -0.4 is 10.6 Å². The van der Waals surface area contributed by atoms with Crippen LogP contribution in [0.2, 0.25) is 0 Å². The van der Waals surface area contributed by atoms with Crippen molar-refractivity contribution in [3.05, 3.63) is 81.4 Å². The van der Waals surface area contributed by atoms with Crippen LogP contribution in [-0.2, 0) is 12.8 Å². The maximum absolute atomic E-state index is 13.3. The summed E-state index contributed by atoms with van der Waals surface area (Å²) in [6.07, 6.45) is 3.65. The Morgan fingerprint density at radius 1 is 1.06 bits per heavy atom. The smallest absolute Gasteiger partial charge is 0.272 e. The van der Waals surface area contributed by atoms with Crippen molar-refractivity contribution in [2.45, 2.75) is 25.7 Å². The zero-order valence-corrected chi connectivity index (χ0v) is 16.8. The van der Waals surface area contributed by atoms with Gasteiger partial charge in [-0.25, -0.2) is 9.07 Å². The van der Waals surface area contributed by atoms with Gasteiger partial charge in [0.25, 0.3) is 11.6 Å². The number of nitrogens with zero attached hydrogens (tertiary/aromatic N) is 3. The standard InChI is InChI=1S/C22H22FN5O3/c23-15-5-9-17(10-6-15)27-20-4-2-1-3-19(20)21(26-27)22(29)25-14-13-24-16-7-11-18(12-8-16)28(30)31/h5-12,24H,1-4,13-14H2,(H,25,29). The number of nitrogens with one attached hydrogen (secondary N) is 2. The maximum Gasteiger partial charge on any atom is 0.272 e. The topological polar surface area (TPSA) is 102 Å². The van der Waals surface area contributed by atoms with Gasteiger partial charge in [-0.1, -0.05) is 0 Å². The molecular formula is C22H22FN5O3. The third kappa shape index (κ3) is 4.55. The van der Waals surface area contributed by atoms with E-state index in [0.29, 0.717) is 18.8 Å². The van der Waals surface area contributed by atoms with Crippen molar-refractivity contribution in [3.8, 4) is 5.69 Å². The average molecular weight is 423 g/mol. The third-order valence-corrected chi connectivity index (χ3v) is 5.28. The normalized spacial score (nSPS) is 12.8. The Bertz CT molecular complexity index is 1090. The Kier molecular flexibility index (Phi) is 5.92. The van der Waals surface area contributed by atoms with Crippen molar-refractivity contribution >= 4 is 17.3 Å². The molecule has 8 nitrogen and oxygen atoms in total. The second-order valence-corrected chi connectivity index (χ2v) is 7.36. The molecule has 1 aliphatic rings. The minimum absolute atomic E-state index is 0.0281. The SMILES string of the molecule is O=C(NCCNc1ccc([N+](=O)[O-])cc1)c1nn(-c2ccc(F)cc2)c2c1CCCC2. The van der Waals surface area contributed by atoms with Gasteiger partial charge in [0.1, 0.15) is 5.82 Å². The third-order valence-electron chi connectivity index (χ3n) is 5.28. The number of carbonyl (C=O) groups is 1. The van der Waals surface area contributed by atoms with Crippen LogP contribution >= 0.6 is 0 Å². The Balaban J connectivity index is 1.41. The second kappa shape index (κ2) is 8.95. The number of non-ortho nitro benzene ring substituents is 1. The van der Waals surface area contributed by atoms with Crippen LogP contribution in [0.25, 0.3) is 5.69 Å². The number of nitro benzene ring substituents is 1. The minimum Gasteiger partial charge on any atom is -0.383 e. The highest BCUT2D eigenvalue weighted by Gasteiger charge is 2.25. The zero-order chi connectivity index (χ0) is 21.8. The van der Waals surface area contributed by atoms with Crippen LogP contribution in [0.15, 0.2) is 48.5 Å². The predicted octanol–water partition coefficient (Wildman–Crippen LogP) is 3.64. The number of carbonyl (C=O) groups excluding carboxylic acids is 1. The summed E-state index contributed by atoms with van der Waals surface area (Å²) < 4.78 is 15.0. The van der Waals surface area contributed by atoms with Crippen molar-refractivity contribution in [1.82, 2.24) is 15.1 Å². The van der Waals surface area contributed by atoms with Gasteiger partial charge in [0.05, 0.1) is 10.6 Å². The molecule has 3 aromatic rings. The van der Waals surface area contributed by atoms with Crippen molar-refractivity contribution in [1.29, 1.82) is 0 Å². The van der Waals surface area contributed by atoms with Gasteiger partial charge in [0, 0.05) is 42.2 Å². The highest BCUT2D eigenvalue weighted by atomic mass is 19.1. The molecule has 160 valence electrons.